The molecule has 124 valence electrons. The number of nitrogens with zero attached hydrogens (tertiary/aromatic N) is 3. The SMILES string of the molecule is CCc1ccc(-c2cc(C(=O)Nc3nncs3)c3ccccc3n2)s1. The molecule has 1 aromatic carbocycles. The van der Waals surface area contributed by atoms with Gasteiger partial charge < -0.3 is 0 Å². The van der Waals surface area contributed by atoms with Crippen molar-refractivity contribution < 1.29 is 4.79 Å². The van der Waals surface area contributed by atoms with Gasteiger partial charge in [-0.2, -0.15) is 0 Å². The lowest BCUT2D eigenvalue weighted by Gasteiger charge is -2.08. The summed E-state index contributed by atoms with van der Waals surface area (Å²) in [5.41, 5.74) is 3.78. The van der Waals surface area contributed by atoms with E-state index in [2.05, 4.69) is 34.6 Å². The number of thiophene rings is 1. The van der Waals surface area contributed by atoms with Gasteiger partial charge in [-0.3, -0.25) is 10.1 Å². The molecular formula is C18H14N4OS2. The highest BCUT2D eigenvalue weighted by molar-refractivity contribution is 7.15. The molecule has 0 atom stereocenters. The first-order chi connectivity index (χ1) is 12.2. The van der Waals surface area contributed by atoms with E-state index in [1.165, 1.54) is 16.2 Å². The summed E-state index contributed by atoms with van der Waals surface area (Å²) in [6.45, 7) is 2.13. The molecule has 0 aliphatic carbocycles. The van der Waals surface area contributed by atoms with Crippen LogP contribution in [0.1, 0.15) is 22.2 Å². The second kappa shape index (κ2) is 6.70. The Balaban J connectivity index is 1.82. The molecule has 3 aromatic heterocycles. The second-order valence-corrected chi connectivity index (χ2v) is 7.39. The molecule has 0 aliphatic rings. The maximum atomic E-state index is 12.8. The quantitative estimate of drug-likeness (QED) is 0.572. The number of hydrogen-bond acceptors (Lipinski definition) is 6. The number of aryl methyl sites for hydroxylation is 1. The van der Waals surface area contributed by atoms with Crippen LogP contribution in [0, 0.1) is 0 Å². The Morgan fingerprint density at radius 1 is 1.20 bits per heavy atom. The normalized spacial score (nSPS) is 10.9. The van der Waals surface area contributed by atoms with E-state index in [0.29, 0.717) is 10.7 Å². The number of carbonyl (C=O) groups excluding carboxylic acids is 1. The third-order valence-electron chi connectivity index (χ3n) is 3.80. The van der Waals surface area contributed by atoms with Gasteiger partial charge in [0.05, 0.1) is 21.7 Å². The van der Waals surface area contributed by atoms with Crippen LogP contribution in [0.25, 0.3) is 21.5 Å². The summed E-state index contributed by atoms with van der Waals surface area (Å²) in [6.07, 6.45) is 0.989. The van der Waals surface area contributed by atoms with Gasteiger partial charge in [-0.1, -0.05) is 36.5 Å². The summed E-state index contributed by atoms with van der Waals surface area (Å²) in [5, 5.41) is 11.7. The molecule has 0 radical (unpaired) electrons. The molecule has 0 saturated carbocycles. The van der Waals surface area contributed by atoms with Crippen LogP contribution >= 0.6 is 22.7 Å². The molecule has 25 heavy (non-hydrogen) atoms. The lowest BCUT2D eigenvalue weighted by Crippen LogP contribution is -2.13. The zero-order chi connectivity index (χ0) is 17.2. The first-order valence-corrected chi connectivity index (χ1v) is 9.50. The maximum absolute atomic E-state index is 12.8. The van der Waals surface area contributed by atoms with Gasteiger partial charge in [-0.15, -0.1) is 21.5 Å². The first-order valence-electron chi connectivity index (χ1n) is 7.81. The number of rotatable bonds is 4. The topological polar surface area (TPSA) is 67.8 Å². The monoisotopic (exact) mass is 366 g/mol. The third kappa shape index (κ3) is 3.16. The molecule has 5 nitrogen and oxygen atoms in total. The molecule has 4 rings (SSSR count). The summed E-state index contributed by atoms with van der Waals surface area (Å²) >= 11 is 3.00. The van der Waals surface area contributed by atoms with Gasteiger partial charge in [0.15, 0.2) is 0 Å². The van der Waals surface area contributed by atoms with E-state index in [1.54, 1.807) is 16.8 Å². The van der Waals surface area contributed by atoms with E-state index in [1.807, 2.05) is 30.3 Å². The van der Waals surface area contributed by atoms with Gasteiger partial charge in [-0.05, 0) is 30.7 Å². The van der Waals surface area contributed by atoms with E-state index < -0.39 is 0 Å². The van der Waals surface area contributed by atoms with E-state index in [4.69, 9.17) is 4.98 Å². The summed E-state index contributed by atoms with van der Waals surface area (Å²) in [6, 6.07) is 13.7. The number of benzene rings is 1. The van der Waals surface area contributed by atoms with Crippen molar-refractivity contribution in [3.05, 3.63) is 58.4 Å². The van der Waals surface area contributed by atoms with Gasteiger partial charge in [0.1, 0.15) is 5.51 Å². The van der Waals surface area contributed by atoms with Crippen molar-refractivity contribution in [1.29, 1.82) is 0 Å². The van der Waals surface area contributed by atoms with Crippen LogP contribution in [0.5, 0.6) is 0 Å². The molecule has 1 N–H and O–H groups in total. The average molecular weight is 366 g/mol. The fourth-order valence-corrected chi connectivity index (χ4v) is 3.94. The number of hydrogen-bond donors (Lipinski definition) is 1. The number of amides is 1. The van der Waals surface area contributed by atoms with Gasteiger partial charge in [0.25, 0.3) is 5.91 Å². The summed E-state index contributed by atoms with van der Waals surface area (Å²) in [5.74, 6) is -0.205. The number of pyridine rings is 1. The molecule has 0 spiro atoms. The fraction of sp³-hybridized carbons (Fsp3) is 0.111. The van der Waals surface area contributed by atoms with Gasteiger partial charge in [-0.25, -0.2) is 4.98 Å². The van der Waals surface area contributed by atoms with Crippen LogP contribution in [-0.2, 0) is 6.42 Å². The Kier molecular flexibility index (Phi) is 4.25. The predicted octanol–water partition coefficient (Wildman–Crippen LogP) is 4.63. The molecule has 0 bridgehead atoms. The number of nitrogens with one attached hydrogen (secondary N) is 1. The third-order valence-corrected chi connectivity index (χ3v) is 5.66. The van der Waals surface area contributed by atoms with Gasteiger partial charge >= 0.3 is 0 Å². The standard InChI is InChI=1S/C18H14N4OS2/c1-2-11-7-8-16(25-11)15-9-13(12-5-3-4-6-14(12)20-15)17(23)21-18-22-19-10-24-18/h3-10H,2H2,1H3,(H,21,22,23). The van der Waals surface area contributed by atoms with E-state index in [-0.39, 0.29) is 5.91 Å². The molecule has 0 unspecified atom stereocenters. The zero-order valence-electron chi connectivity index (χ0n) is 13.4. The minimum Gasteiger partial charge on any atom is -0.296 e. The van der Waals surface area contributed by atoms with Crippen LogP contribution in [0.4, 0.5) is 5.13 Å². The van der Waals surface area contributed by atoms with E-state index in [0.717, 1.165) is 27.9 Å². The molecular weight excluding hydrogens is 352 g/mol. The predicted molar refractivity (Wildman–Crippen MR) is 102 cm³/mol. The fourth-order valence-electron chi connectivity index (χ4n) is 2.59. The summed E-state index contributed by atoms with van der Waals surface area (Å²) in [7, 11) is 0. The minimum absolute atomic E-state index is 0.205. The van der Waals surface area contributed by atoms with Crippen molar-refractivity contribution in [2.45, 2.75) is 13.3 Å². The number of para-hydroxylation sites is 1. The minimum atomic E-state index is -0.205. The first kappa shape index (κ1) is 15.9. The summed E-state index contributed by atoms with van der Waals surface area (Å²) in [4.78, 5) is 19.9. The summed E-state index contributed by atoms with van der Waals surface area (Å²) < 4.78 is 0. The molecule has 3 heterocycles. The largest absolute Gasteiger partial charge is 0.296 e. The Labute approximate surface area is 152 Å². The lowest BCUT2D eigenvalue weighted by atomic mass is 10.1. The van der Waals surface area contributed by atoms with Crippen molar-refractivity contribution in [3.8, 4) is 10.6 Å². The number of fused-ring (bicyclic) bond motifs is 1. The average Bonchev–Trinajstić information content (AvgIpc) is 3.32. The van der Waals surface area contributed by atoms with Crippen LogP contribution in [0.2, 0.25) is 0 Å². The van der Waals surface area contributed by atoms with E-state index in [9.17, 15) is 4.79 Å². The van der Waals surface area contributed by atoms with Crippen LogP contribution in [0.3, 0.4) is 0 Å². The van der Waals surface area contributed by atoms with Crippen molar-refractivity contribution in [3.63, 3.8) is 0 Å². The second-order valence-electron chi connectivity index (χ2n) is 5.39. The van der Waals surface area contributed by atoms with Crippen LogP contribution < -0.4 is 5.32 Å². The Bertz CT molecular complexity index is 1040. The van der Waals surface area contributed by atoms with Crippen molar-refractivity contribution in [2.24, 2.45) is 0 Å². The van der Waals surface area contributed by atoms with Crippen molar-refractivity contribution in [2.75, 3.05) is 5.32 Å². The van der Waals surface area contributed by atoms with Crippen molar-refractivity contribution >= 4 is 44.6 Å². The zero-order valence-corrected chi connectivity index (χ0v) is 15.0. The highest BCUT2D eigenvalue weighted by atomic mass is 32.1. The number of anilines is 1. The Morgan fingerprint density at radius 2 is 2.08 bits per heavy atom. The highest BCUT2D eigenvalue weighted by Crippen LogP contribution is 2.30. The molecule has 7 heteroatoms. The molecule has 4 aromatic rings. The molecule has 0 saturated heterocycles. The van der Waals surface area contributed by atoms with E-state index >= 15 is 0 Å². The van der Waals surface area contributed by atoms with Crippen LogP contribution in [0.15, 0.2) is 48.0 Å². The molecule has 1 amide bonds. The van der Waals surface area contributed by atoms with Gasteiger partial charge in [0, 0.05) is 10.3 Å². The van der Waals surface area contributed by atoms with Gasteiger partial charge in [0.2, 0.25) is 5.13 Å². The van der Waals surface area contributed by atoms with Crippen molar-refractivity contribution in [1.82, 2.24) is 15.2 Å². The van der Waals surface area contributed by atoms with Crippen LogP contribution in [-0.4, -0.2) is 21.1 Å². The maximum Gasteiger partial charge on any atom is 0.258 e. The molecule has 0 fully saturated rings. The highest BCUT2D eigenvalue weighted by Gasteiger charge is 2.16. The smallest absolute Gasteiger partial charge is 0.258 e. The Morgan fingerprint density at radius 3 is 2.84 bits per heavy atom. The number of carbonyl (C=O) groups is 1. The Hall–Kier alpha value is -2.64. The molecule has 0 aliphatic heterocycles. The number of aromatic nitrogens is 3. The lowest BCUT2D eigenvalue weighted by molar-refractivity contribution is 0.102.